The van der Waals surface area contributed by atoms with Crippen molar-refractivity contribution >= 4 is 51.0 Å². The van der Waals surface area contributed by atoms with Crippen molar-refractivity contribution in [2.45, 2.75) is 32.9 Å². The van der Waals surface area contributed by atoms with Gasteiger partial charge in [-0.15, -0.1) is 0 Å². The molecule has 1 amide bonds. The molecule has 0 fully saturated rings. The zero-order valence-electron chi connectivity index (χ0n) is 15.3. The number of amides is 1. The van der Waals surface area contributed by atoms with Crippen molar-refractivity contribution in [1.82, 2.24) is 9.88 Å². The number of nitrogens with zero attached hydrogens (tertiary/aromatic N) is 1. The molecule has 6 heteroatoms. The number of H-pyrrole nitrogens is 1. The first-order chi connectivity index (χ1) is 12.7. The van der Waals surface area contributed by atoms with Crippen LogP contribution in [-0.2, 0) is 6.54 Å². The number of rotatable bonds is 3. The monoisotopic (exact) mass is 494 g/mol. The summed E-state index contributed by atoms with van der Waals surface area (Å²) in [5, 5.41) is 1.17. The third-order valence-corrected chi connectivity index (χ3v) is 5.31. The number of pyridine rings is 1. The van der Waals surface area contributed by atoms with Crippen LogP contribution < -0.4 is 5.43 Å². The van der Waals surface area contributed by atoms with Gasteiger partial charge in [-0.2, -0.15) is 0 Å². The average Bonchev–Trinajstić information content (AvgIpc) is 2.60. The molecule has 2 aromatic carbocycles. The van der Waals surface area contributed by atoms with Crippen molar-refractivity contribution < 1.29 is 4.79 Å². The molecule has 1 N–H and O–H groups in total. The molecule has 1 heterocycles. The number of carbonyl (C=O) groups is 1. The van der Waals surface area contributed by atoms with Crippen LogP contribution in [0.4, 0.5) is 0 Å². The summed E-state index contributed by atoms with van der Waals surface area (Å²) in [5.74, 6) is -0.292. The van der Waals surface area contributed by atoms with Gasteiger partial charge in [0.05, 0.1) is 0 Å². The molecule has 1 aromatic heterocycles. The quantitative estimate of drug-likeness (QED) is 0.507. The molecule has 0 radical (unpaired) electrons. The highest BCUT2D eigenvalue weighted by atomic mass is 127. The first kappa shape index (κ1) is 19.9. The Morgan fingerprint density at radius 3 is 2.44 bits per heavy atom. The maximum atomic E-state index is 13.3. The molecule has 0 saturated carbocycles. The van der Waals surface area contributed by atoms with E-state index in [1.807, 2.05) is 45.0 Å². The molecule has 0 atom stereocenters. The Hall–Kier alpha value is -1.86. The molecule has 0 spiro atoms. The smallest absolute Gasteiger partial charge is 0.260 e. The van der Waals surface area contributed by atoms with E-state index in [4.69, 9.17) is 11.6 Å². The lowest BCUT2D eigenvalue weighted by molar-refractivity contribution is 0.0557. The molecule has 0 aliphatic heterocycles. The van der Waals surface area contributed by atoms with Gasteiger partial charge in [0.15, 0.2) is 0 Å². The van der Waals surface area contributed by atoms with Gasteiger partial charge in [0, 0.05) is 37.8 Å². The summed E-state index contributed by atoms with van der Waals surface area (Å²) < 4.78 is 0.948. The lowest BCUT2D eigenvalue weighted by Gasteiger charge is -2.36. The van der Waals surface area contributed by atoms with E-state index in [0.717, 1.165) is 14.7 Å². The normalized spacial score (nSPS) is 11.6. The van der Waals surface area contributed by atoms with Gasteiger partial charge in [0.25, 0.3) is 5.91 Å². The van der Waals surface area contributed by atoms with Crippen LogP contribution in [0.3, 0.4) is 0 Å². The predicted octanol–water partition coefficient (Wildman–Crippen LogP) is 5.23. The molecular formula is C21H20ClIN2O2. The van der Waals surface area contributed by atoms with Crippen LogP contribution >= 0.6 is 34.2 Å². The van der Waals surface area contributed by atoms with E-state index in [9.17, 15) is 9.59 Å². The Balaban J connectivity index is 2.04. The summed E-state index contributed by atoms with van der Waals surface area (Å²) in [6.45, 7) is 6.26. The SMILES string of the molecule is CC(C)(C)N(Cc1ccc(Cl)cc1)C(=O)c1c[nH]c2ccc(I)cc2c1=O. The van der Waals surface area contributed by atoms with Crippen LogP contribution in [0.25, 0.3) is 10.9 Å². The summed E-state index contributed by atoms with van der Waals surface area (Å²) in [4.78, 5) is 31.0. The number of nitrogens with one attached hydrogen (secondary N) is 1. The number of carbonyl (C=O) groups excluding carboxylic acids is 1. The largest absolute Gasteiger partial charge is 0.360 e. The zero-order valence-corrected chi connectivity index (χ0v) is 18.3. The van der Waals surface area contributed by atoms with Gasteiger partial charge in [-0.05, 0) is 79.3 Å². The zero-order chi connectivity index (χ0) is 19.8. The Morgan fingerprint density at radius 1 is 1.15 bits per heavy atom. The number of aromatic amines is 1. The van der Waals surface area contributed by atoms with Crippen LogP contribution in [0, 0.1) is 3.57 Å². The Kier molecular flexibility index (Phi) is 5.63. The van der Waals surface area contributed by atoms with Crippen molar-refractivity contribution in [1.29, 1.82) is 0 Å². The minimum atomic E-state index is -0.455. The highest BCUT2D eigenvalue weighted by Gasteiger charge is 2.29. The van der Waals surface area contributed by atoms with E-state index in [1.54, 1.807) is 23.1 Å². The van der Waals surface area contributed by atoms with Crippen molar-refractivity contribution in [3.8, 4) is 0 Å². The van der Waals surface area contributed by atoms with Crippen LogP contribution in [0.15, 0.2) is 53.5 Å². The molecule has 3 rings (SSSR count). The highest BCUT2D eigenvalue weighted by Crippen LogP contribution is 2.22. The highest BCUT2D eigenvalue weighted by molar-refractivity contribution is 14.1. The molecular weight excluding hydrogens is 475 g/mol. The molecule has 3 aromatic rings. The average molecular weight is 495 g/mol. The van der Waals surface area contributed by atoms with E-state index in [1.165, 1.54) is 6.20 Å². The number of halogens is 2. The molecule has 27 heavy (non-hydrogen) atoms. The molecule has 0 aliphatic carbocycles. The Bertz CT molecular complexity index is 1050. The van der Waals surface area contributed by atoms with Gasteiger partial charge in [-0.25, -0.2) is 0 Å². The van der Waals surface area contributed by atoms with Crippen molar-refractivity contribution in [3.05, 3.63) is 78.6 Å². The summed E-state index contributed by atoms with van der Waals surface area (Å²) in [6.07, 6.45) is 1.51. The topological polar surface area (TPSA) is 53.2 Å². The maximum absolute atomic E-state index is 13.3. The fourth-order valence-electron chi connectivity index (χ4n) is 2.88. The Labute approximate surface area is 176 Å². The van der Waals surface area contributed by atoms with Gasteiger partial charge < -0.3 is 9.88 Å². The minimum Gasteiger partial charge on any atom is -0.360 e. The van der Waals surface area contributed by atoms with E-state index in [-0.39, 0.29) is 16.9 Å². The summed E-state index contributed by atoms with van der Waals surface area (Å²) in [5.41, 5.74) is 1.11. The number of aromatic nitrogens is 1. The van der Waals surface area contributed by atoms with Gasteiger partial charge in [-0.1, -0.05) is 23.7 Å². The first-order valence-electron chi connectivity index (χ1n) is 8.54. The van der Waals surface area contributed by atoms with E-state index in [0.29, 0.717) is 17.0 Å². The fourth-order valence-corrected chi connectivity index (χ4v) is 3.50. The van der Waals surface area contributed by atoms with E-state index < -0.39 is 5.54 Å². The van der Waals surface area contributed by atoms with Crippen LogP contribution in [0.5, 0.6) is 0 Å². The van der Waals surface area contributed by atoms with Crippen molar-refractivity contribution in [2.24, 2.45) is 0 Å². The fraction of sp³-hybridized carbons (Fsp3) is 0.238. The maximum Gasteiger partial charge on any atom is 0.260 e. The Morgan fingerprint density at radius 2 is 1.81 bits per heavy atom. The first-order valence-corrected chi connectivity index (χ1v) is 10.00. The summed E-state index contributed by atoms with van der Waals surface area (Å²) in [6, 6.07) is 12.9. The second-order valence-corrected chi connectivity index (χ2v) is 9.09. The summed E-state index contributed by atoms with van der Waals surface area (Å²) >= 11 is 8.12. The van der Waals surface area contributed by atoms with Gasteiger partial charge in [-0.3, -0.25) is 9.59 Å². The van der Waals surface area contributed by atoms with Gasteiger partial charge in [0.1, 0.15) is 5.56 Å². The number of hydrogen-bond acceptors (Lipinski definition) is 2. The van der Waals surface area contributed by atoms with Crippen LogP contribution in [-0.4, -0.2) is 21.3 Å². The lowest BCUT2D eigenvalue weighted by atomic mass is 10.0. The number of hydrogen-bond donors (Lipinski definition) is 1. The van der Waals surface area contributed by atoms with Crippen LogP contribution in [0.1, 0.15) is 36.7 Å². The minimum absolute atomic E-state index is 0.147. The predicted molar refractivity (Wildman–Crippen MR) is 118 cm³/mol. The third-order valence-electron chi connectivity index (χ3n) is 4.38. The second-order valence-electron chi connectivity index (χ2n) is 7.41. The van der Waals surface area contributed by atoms with Crippen molar-refractivity contribution in [3.63, 3.8) is 0 Å². The lowest BCUT2D eigenvalue weighted by Crippen LogP contribution is -2.46. The molecule has 0 aliphatic rings. The van der Waals surface area contributed by atoms with E-state index in [2.05, 4.69) is 27.6 Å². The second kappa shape index (κ2) is 7.64. The van der Waals surface area contributed by atoms with Gasteiger partial charge >= 0.3 is 0 Å². The molecule has 140 valence electrons. The standard InChI is InChI=1S/C21H20ClIN2O2/c1-21(2,3)25(12-13-4-6-14(22)7-5-13)20(27)17-11-24-18-9-8-15(23)10-16(18)19(17)26/h4-11H,12H2,1-3H3,(H,24,26). The number of benzene rings is 2. The molecule has 4 nitrogen and oxygen atoms in total. The van der Waals surface area contributed by atoms with Crippen molar-refractivity contribution in [2.75, 3.05) is 0 Å². The summed E-state index contributed by atoms with van der Waals surface area (Å²) in [7, 11) is 0. The van der Waals surface area contributed by atoms with Gasteiger partial charge in [0.2, 0.25) is 5.43 Å². The molecule has 0 bridgehead atoms. The third kappa shape index (κ3) is 4.35. The van der Waals surface area contributed by atoms with E-state index >= 15 is 0 Å². The number of fused-ring (bicyclic) bond motifs is 1. The molecule has 0 saturated heterocycles. The molecule has 0 unspecified atom stereocenters. The van der Waals surface area contributed by atoms with Crippen LogP contribution in [0.2, 0.25) is 5.02 Å².